The molecule has 6 nitrogen and oxygen atoms in total. The summed E-state index contributed by atoms with van der Waals surface area (Å²) in [6.07, 6.45) is 0.513. The smallest absolute Gasteiger partial charge is 0.311 e. The molecule has 238 valence electrons. The van der Waals surface area contributed by atoms with Crippen molar-refractivity contribution in [1.29, 1.82) is 0 Å². The molecule has 3 aromatic carbocycles. The number of esters is 1. The van der Waals surface area contributed by atoms with Crippen molar-refractivity contribution in [2.75, 3.05) is 0 Å². The molecule has 0 aliphatic rings. The summed E-state index contributed by atoms with van der Waals surface area (Å²) < 4.78 is 5.53. The van der Waals surface area contributed by atoms with Gasteiger partial charge >= 0.3 is 5.97 Å². The lowest BCUT2D eigenvalue weighted by atomic mass is 9.77. The predicted molar refractivity (Wildman–Crippen MR) is 177 cm³/mol. The third kappa shape index (κ3) is 7.82. The third-order valence-corrected chi connectivity index (χ3v) is 7.84. The normalized spacial score (nSPS) is 12.7. The Bertz CT molecular complexity index is 1500. The van der Waals surface area contributed by atoms with Gasteiger partial charge in [0.15, 0.2) is 5.78 Å². The molecule has 0 aliphatic heterocycles. The van der Waals surface area contributed by atoms with Crippen LogP contribution >= 0.6 is 0 Å². The fourth-order valence-corrected chi connectivity index (χ4v) is 5.24. The lowest BCUT2D eigenvalue weighted by molar-refractivity contribution is -0.134. The van der Waals surface area contributed by atoms with Crippen LogP contribution in [0, 0.1) is 0 Å². The summed E-state index contributed by atoms with van der Waals surface area (Å²) in [6, 6.07) is 11.5. The second kappa shape index (κ2) is 11.9. The predicted octanol–water partition coefficient (Wildman–Crippen LogP) is 8.76. The van der Waals surface area contributed by atoms with E-state index in [9.17, 15) is 24.9 Å². The summed E-state index contributed by atoms with van der Waals surface area (Å²) in [5.74, 6) is -0.576. The topological polar surface area (TPSA) is 104 Å². The molecule has 6 heteroatoms. The molecule has 0 aliphatic carbocycles. The van der Waals surface area contributed by atoms with Crippen LogP contribution in [-0.4, -0.2) is 27.1 Å². The van der Waals surface area contributed by atoms with Crippen LogP contribution in [0.15, 0.2) is 42.5 Å². The molecular formula is C38H50O6. The molecule has 3 rings (SSSR count). The summed E-state index contributed by atoms with van der Waals surface area (Å²) in [7, 11) is 0. The van der Waals surface area contributed by atoms with Crippen LogP contribution in [-0.2, 0) is 32.9 Å². The summed E-state index contributed by atoms with van der Waals surface area (Å²) in [6.45, 7) is 24.1. The van der Waals surface area contributed by atoms with Crippen LogP contribution < -0.4 is 4.74 Å². The van der Waals surface area contributed by atoms with E-state index in [2.05, 4.69) is 0 Å². The highest BCUT2D eigenvalue weighted by atomic mass is 16.5. The summed E-state index contributed by atoms with van der Waals surface area (Å²) in [4.78, 5) is 26.4. The molecular weight excluding hydrogens is 552 g/mol. The van der Waals surface area contributed by atoms with Gasteiger partial charge in [0.25, 0.3) is 0 Å². The highest BCUT2D eigenvalue weighted by molar-refractivity contribution is 6.11. The number of hydrogen-bond acceptors (Lipinski definition) is 6. The van der Waals surface area contributed by atoms with Gasteiger partial charge in [-0.2, -0.15) is 0 Å². The van der Waals surface area contributed by atoms with Gasteiger partial charge in [0.2, 0.25) is 0 Å². The average Bonchev–Trinajstić information content (AvgIpc) is 2.85. The molecule has 0 radical (unpaired) electrons. The number of aromatic hydroxyl groups is 3. The molecule has 0 saturated heterocycles. The number of benzene rings is 3. The number of rotatable bonds is 6. The molecule has 0 amide bonds. The first-order valence-corrected chi connectivity index (χ1v) is 15.2. The van der Waals surface area contributed by atoms with Gasteiger partial charge in [-0.1, -0.05) is 95.2 Å². The first kappa shape index (κ1) is 34.7. The number of ketones is 1. The van der Waals surface area contributed by atoms with E-state index in [0.717, 1.165) is 16.7 Å². The fraction of sp³-hybridized carbons (Fsp3) is 0.474. The minimum atomic E-state index is -0.477. The van der Waals surface area contributed by atoms with E-state index < -0.39 is 22.6 Å². The van der Waals surface area contributed by atoms with E-state index in [4.69, 9.17) is 4.74 Å². The molecule has 3 aromatic rings. The largest absolute Gasteiger partial charge is 0.507 e. The lowest BCUT2D eigenvalue weighted by Gasteiger charge is -2.28. The minimum Gasteiger partial charge on any atom is -0.507 e. The Balaban J connectivity index is 1.83. The van der Waals surface area contributed by atoms with E-state index in [0.29, 0.717) is 23.1 Å². The number of carbonyl (C=O) groups is 2. The van der Waals surface area contributed by atoms with Crippen LogP contribution in [0.2, 0.25) is 0 Å². The zero-order chi connectivity index (χ0) is 33.6. The minimum absolute atomic E-state index is 0.0729. The second-order valence-electron chi connectivity index (χ2n) is 15.9. The summed E-state index contributed by atoms with van der Waals surface area (Å²) >= 11 is 0. The Morgan fingerprint density at radius 1 is 0.614 bits per heavy atom. The van der Waals surface area contributed by atoms with Crippen LogP contribution in [0.1, 0.15) is 133 Å². The Morgan fingerprint density at radius 2 is 1.02 bits per heavy atom. The SMILES string of the molecule is CC(C)(C)c1cc(CCC(=O)Oc2ccc(C(=O)c3cc(C(C)(C)C)c(O)c(C(C)(C)C)c3)c(O)c2)cc(C(C)(C)C)c1O. The Morgan fingerprint density at radius 3 is 1.41 bits per heavy atom. The van der Waals surface area contributed by atoms with E-state index in [1.807, 2.05) is 95.2 Å². The van der Waals surface area contributed by atoms with E-state index >= 15 is 0 Å². The average molecular weight is 603 g/mol. The Kier molecular flexibility index (Phi) is 9.42. The number of ether oxygens (including phenoxy) is 1. The highest BCUT2D eigenvalue weighted by Gasteiger charge is 2.29. The number of aryl methyl sites for hydroxylation is 1. The van der Waals surface area contributed by atoms with Gasteiger partial charge in [-0.15, -0.1) is 0 Å². The van der Waals surface area contributed by atoms with Gasteiger partial charge in [-0.3, -0.25) is 9.59 Å². The maximum absolute atomic E-state index is 13.6. The van der Waals surface area contributed by atoms with Gasteiger partial charge < -0.3 is 20.1 Å². The van der Waals surface area contributed by atoms with Gasteiger partial charge in [0, 0.05) is 29.2 Å². The number of carbonyl (C=O) groups excluding carboxylic acids is 2. The monoisotopic (exact) mass is 602 g/mol. The van der Waals surface area contributed by atoms with E-state index in [-0.39, 0.29) is 45.8 Å². The van der Waals surface area contributed by atoms with Crippen LogP contribution in [0.3, 0.4) is 0 Å². The summed E-state index contributed by atoms with van der Waals surface area (Å²) in [5, 5.41) is 32.8. The standard InChI is InChI=1S/C38H50O6/c1-35(2,3)26-17-22(18-27(33(26)42)36(4,5)6)13-16-31(40)44-24-14-15-25(30(39)21-24)32(41)23-19-28(37(7,8)9)34(43)29(20-23)38(10,11)12/h14-15,17-21,39,42-43H,13,16H2,1-12H3. The van der Waals surface area contributed by atoms with Crippen molar-refractivity contribution < 1.29 is 29.6 Å². The fourth-order valence-electron chi connectivity index (χ4n) is 5.24. The third-order valence-electron chi connectivity index (χ3n) is 7.84. The molecule has 0 bridgehead atoms. The molecule has 0 saturated carbocycles. The van der Waals surface area contributed by atoms with Gasteiger partial charge in [0.1, 0.15) is 23.0 Å². The Labute approximate surface area is 263 Å². The van der Waals surface area contributed by atoms with Gasteiger partial charge in [-0.25, -0.2) is 0 Å². The van der Waals surface area contributed by atoms with E-state index in [1.54, 1.807) is 12.1 Å². The molecule has 0 atom stereocenters. The zero-order valence-corrected chi connectivity index (χ0v) is 28.5. The van der Waals surface area contributed by atoms with Gasteiger partial charge in [-0.05, 0) is 69.0 Å². The maximum Gasteiger partial charge on any atom is 0.311 e. The van der Waals surface area contributed by atoms with Crippen molar-refractivity contribution in [3.8, 4) is 23.0 Å². The Hall–Kier alpha value is -3.80. The summed E-state index contributed by atoms with van der Waals surface area (Å²) in [5.41, 5.74) is 2.93. The zero-order valence-electron chi connectivity index (χ0n) is 28.5. The quantitative estimate of drug-likeness (QED) is 0.148. The van der Waals surface area contributed by atoms with Crippen molar-refractivity contribution in [3.63, 3.8) is 0 Å². The molecule has 0 aromatic heterocycles. The lowest BCUT2D eigenvalue weighted by Crippen LogP contribution is -2.19. The molecule has 44 heavy (non-hydrogen) atoms. The molecule has 0 unspecified atom stereocenters. The second-order valence-corrected chi connectivity index (χ2v) is 15.9. The van der Waals surface area contributed by atoms with Crippen molar-refractivity contribution >= 4 is 11.8 Å². The molecule has 0 spiro atoms. The molecule has 3 N–H and O–H groups in total. The molecule has 0 heterocycles. The number of hydrogen-bond donors (Lipinski definition) is 3. The van der Waals surface area contributed by atoms with E-state index in [1.165, 1.54) is 18.2 Å². The van der Waals surface area contributed by atoms with Crippen LogP contribution in [0.4, 0.5) is 0 Å². The maximum atomic E-state index is 13.6. The first-order valence-electron chi connectivity index (χ1n) is 15.2. The van der Waals surface area contributed by atoms with Crippen LogP contribution in [0.5, 0.6) is 23.0 Å². The van der Waals surface area contributed by atoms with Crippen molar-refractivity contribution in [3.05, 3.63) is 81.4 Å². The highest BCUT2D eigenvalue weighted by Crippen LogP contribution is 2.42. The first-order chi connectivity index (χ1) is 19.9. The van der Waals surface area contributed by atoms with Crippen molar-refractivity contribution in [2.24, 2.45) is 0 Å². The number of phenols is 3. The van der Waals surface area contributed by atoms with Crippen molar-refractivity contribution in [2.45, 2.75) is 118 Å². The van der Waals surface area contributed by atoms with Crippen molar-refractivity contribution in [1.82, 2.24) is 0 Å². The van der Waals surface area contributed by atoms with Crippen LogP contribution in [0.25, 0.3) is 0 Å². The molecule has 0 fully saturated rings. The number of phenolic OH excluding ortho intramolecular Hbond substituents is 3. The van der Waals surface area contributed by atoms with Gasteiger partial charge in [0.05, 0.1) is 5.56 Å².